The third-order valence-corrected chi connectivity index (χ3v) is 5.56. The number of carbonyl (C=O) groups is 2. The lowest BCUT2D eigenvalue weighted by Crippen LogP contribution is -2.31. The van der Waals surface area contributed by atoms with Gasteiger partial charge in [0, 0.05) is 9.90 Å². The Balaban J connectivity index is 2.13. The highest BCUT2D eigenvalue weighted by atomic mass is 35.5. The van der Waals surface area contributed by atoms with Crippen molar-refractivity contribution in [2.75, 3.05) is 17.8 Å². The molecular formula is C17H14ClNO3S2. The molecule has 124 valence electrons. The molecule has 0 unspecified atom stereocenters. The van der Waals surface area contributed by atoms with Crippen LogP contribution < -0.4 is 9.64 Å². The third kappa shape index (κ3) is 2.85. The van der Waals surface area contributed by atoms with E-state index in [9.17, 15) is 9.59 Å². The van der Waals surface area contributed by atoms with E-state index in [1.165, 1.54) is 30.2 Å². The Kier molecular flexibility index (Phi) is 4.99. The first-order chi connectivity index (χ1) is 11.6. The topological polar surface area (TPSA) is 46.6 Å². The number of anilines is 1. The predicted molar refractivity (Wildman–Crippen MR) is 99.9 cm³/mol. The van der Waals surface area contributed by atoms with Crippen molar-refractivity contribution in [2.45, 2.75) is 6.92 Å². The lowest BCUT2D eigenvalue weighted by Gasteiger charge is -2.18. The quantitative estimate of drug-likeness (QED) is 0.720. The third-order valence-electron chi connectivity index (χ3n) is 3.48. The molecule has 4 nitrogen and oxygen atoms in total. The largest absolute Gasteiger partial charge is 0.495 e. The highest BCUT2D eigenvalue weighted by Crippen LogP contribution is 2.42. The van der Waals surface area contributed by atoms with Crippen molar-refractivity contribution in [2.24, 2.45) is 0 Å². The molecule has 2 aromatic rings. The zero-order chi connectivity index (χ0) is 17.3. The van der Waals surface area contributed by atoms with Gasteiger partial charge in [0.1, 0.15) is 5.75 Å². The average molecular weight is 380 g/mol. The highest BCUT2D eigenvalue weighted by molar-refractivity contribution is 8.04. The van der Waals surface area contributed by atoms with Gasteiger partial charge < -0.3 is 4.74 Å². The number of hydrogen-bond acceptors (Lipinski definition) is 5. The summed E-state index contributed by atoms with van der Waals surface area (Å²) in [6.07, 6.45) is 0. The van der Waals surface area contributed by atoms with Gasteiger partial charge in [-0.2, -0.15) is 0 Å². The first kappa shape index (κ1) is 17.1. The molecule has 0 fully saturated rings. The number of imide groups is 1. The molecule has 1 aromatic carbocycles. The van der Waals surface area contributed by atoms with E-state index in [0.29, 0.717) is 32.7 Å². The first-order valence-electron chi connectivity index (χ1n) is 7.21. The number of hydrogen-bond donors (Lipinski definition) is 0. The van der Waals surface area contributed by atoms with Gasteiger partial charge in [0.05, 0.1) is 23.3 Å². The molecule has 2 heterocycles. The van der Waals surface area contributed by atoms with Crippen LogP contribution >= 0.6 is 34.7 Å². The zero-order valence-electron chi connectivity index (χ0n) is 13.0. The molecule has 0 spiro atoms. The van der Waals surface area contributed by atoms with Crippen molar-refractivity contribution >= 4 is 57.8 Å². The molecule has 7 heteroatoms. The lowest BCUT2D eigenvalue weighted by atomic mass is 10.2. The van der Waals surface area contributed by atoms with Crippen LogP contribution in [0.1, 0.15) is 11.8 Å². The smallest absolute Gasteiger partial charge is 0.272 e. The molecule has 1 aromatic heterocycles. The van der Waals surface area contributed by atoms with Crippen molar-refractivity contribution in [1.29, 1.82) is 0 Å². The summed E-state index contributed by atoms with van der Waals surface area (Å²) < 4.78 is 5.30. The lowest BCUT2D eigenvalue weighted by molar-refractivity contribution is -0.119. The fourth-order valence-electron chi connectivity index (χ4n) is 2.48. The summed E-state index contributed by atoms with van der Waals surface area (Å²) in [5, 5.41) is 2.32. The minimum atomic E-state index is -0.348. The second kappa shape index (κ2) is 7.01. The van der Waals surface area contributed by atoms with Gasteiger partial charge in [0.2, 0.25) is 0 Å². The van der Waals surface area contributed by atoms with Crippen molar-refractivity contribution in [3.8, 4) is 5.75 Å². The Bertz CT molecular complexity index is 830. The van der Waals surface area contributed by atoms with Gasteiger partial charge in [-0.1, -0.05) is 24.6 Å². The summed E-state index contributed by atoms with van der Waals surface area (Å²) >= 11 is 8.87. The van der Waals surface area contributed by atoms with Crippen molar-refractivity contribution < 1.29 is 14.3 Å². The van der Waals surface area contributed by atoms with E-state index >= 15 is 0 Å². The van der Waals surface area contributed by atoms with Crippen LogP contribution in [0.5, 0.6) is 5.75 Å². The van der Waals surface area contributed by atoms with Crippen molar-refractivity contribution in [1.82, 2.24) is 0 Å². The summed E-state index contributed by atoms with van der Waals surface area (Å²) in [6.45, 7) is 1.95. The van der Waals surface area contributed by atoms with Crippen LogP contribution in [0.2, 0.25) is 5.02 Å². The maximum atomic E-state index is 13.0. The van der Waals surface area contributed by atoms with Gasteiger partial charge in [0.15, 0.2) is 0 Å². The average Bonchev–Trinajstić information content (AvgIpc) is 3.15. The van der Waals surface area contributed by atoms with Gasteiger partial charge in [-0.15, -0.1) is 23.1 Å². The number of thiophene rings is 1. The molecule has 2 amide bonds. The SMILES string of the molecule is CCSC1=C(c2cccs2)C(=O)N(c2cc(Cl)ccc2OC)C1=O. The molecule has 1 aliphatic heterocycles. The van der Waals surface area contributed by atoms with Gasteiger partial charge in [0.25, 0.3) is 11.8 Å². The Morgan fingerprint density at radius 3 is 2.67 bits per heavy atom. The number of benzene rings is 1. The fourth-order valence-corrected chi connectivity index (χ4v) is 4.33. The minimum absolute atomic E-state index is 0.337. The van der Waals surface area contributed by atoms with E-state index in [0.717, 1.165) is 9.78 Å². The van der Waals surface area contributed by atoms with Crippen LogP contribution in [-0.4, -0.2) is 24.7 Å². The molecular weight excluding hydrogens is 366 g/mol. The van der Waals surface area contributed by atoms with Crippen LogP contribution in [0.25, 0.3) is 5.57 Å². The molecule has 0 bridgehead atoms. The van der Waals surface area contributed by atoms with Gasteiger partial charge in [-0.25, -0.2) is 4.90 Å². The van der Waals surface area contributed by atoms with E-state index in [1.807, 2.05) is 24.4 Å². The van der Waals surface area contributed by atoms with Gasteiger partial charge in [-0.3, -0.25) is 9.59 Å². The summed E-state index contributed by atoms with van der Waals surface area (Å²) in [5.74, 6) is 0.438. The predicted octanol–water partition coefficient (Wildman–Crippen LogP) is 4.45. The minimum Gasteiger partial charge on any atom is -0.495 e. The molecule has 0 atom stereocenters. The van der Waals surface area contributed by atoms with Crippen LogP contribution in [0.3, 0.4) is 0 Å². The highest BCUT2D eigenvalue weighted by Gasteiger charge is 2.41. The summed E-state index contributed by atoms with van der Waals surface area (Å²) in [7, 11) is 1.49. The normalized spacial score (nSPS) is 14.7. The standard InChI is InChI=1S/C17H14ClNO3S2/c1-3-23-15-14(13-5-4-8-24-13)16(20)19(17(15)21)11-9-10(18)6-7-12(11)22-2/h4-9H,3H2,1-2H3. The molecule has 0 radical (unpaired) electrons. The summed E-state index contributed by atoms with van der Waals surface area (Å²) in [6, 6.07) is 8.59. The molecule has 3 rings (SSSR count). The molecule has 24 heavy (non-hydrogen) atoms. The van der Waals surface area contributed by atoms with E-state index in [-0.39, 0.29) is 11.8 Å². The summed E-state index contributed by atoms with van der Waals surface area (Å²) in [4.78, 5) is 28.3. The Hall–Kier alpha value is -1.76. The first-order valence-corrected chi connectivity index (χ1v) is 9.46. The number of carbonyl (C=O) groups excluding carboxylic acids is 2. The number of methoxy groups -OCH3 is 1. The van der Waals surface area contributed by atoms with Crippen LogP contribution in [0, 0.1) is 0 Å². The Morgan fingerprint density at radius 2 is 2.04 bits per heavy atom. The Labute approximate surface area is 153 Å². The molecule has 0 saturated carbocycles. The number of nitrogens with zero attached hydrogens (tertiary/aromatic N) is 1. The Morgan fingerprint density at radius 1 is 1.25 bits per heavy atom. The van der Waals surface area contributed by atoms with Crippen LogP contribution in [-0.2, 0) is 9.59 Å². The number of halogens is 1. The van der Waals surface area contributed by atoms with E-state index in [1.54, 1.807) is 18.2 Å². The molecule has 0 aliphatic carbocycles. The monoisotopic (exact) mass is 379 g/mol. The molecule has 0 N–H and O–H groups in total. The van der Waals surface area contributed by atoms with E-state index in [4.69, 9.17) is 16.3 Å². The van der Waals surface area contributed by atoms with E-state index in [2.05, 4.69) is 0 Å². The van der Waals surface area contributed by atoms with Crippen LogP contribution in [0.4, 0.5) is 5.69 Å². The number of amides is 2. The van der Waals surface area contributed by atoms with Gasteiger partial charge >= 0.3 is 0 Å². The van der Waals surface area contributed by atoms with Gasteiger partial charge in [-0.05, 0) is 35.4 Å². The second-order valence-electron chi connectivity index (χ2n) is 4.88. The van der Waals surface area contributed by atoms with E-state index < -0.39 is 0 Å². The second-order valence-corrected chi connectivity index (χ2v) is 7.53. The molecule has 0 saturated heterocycles. The number of thioether (sulfide) groups is 1. The maximum Gasteiger partial charge on any atom is 0.272 e. The zero-order valence-corrected chi connectivity index (χ0v) is 15.4. The molecule has 1 aliphatic rings. The fraction of sp³-hybridized carbons (Fsp3) is 0.176. The number of ether oxygens (including phenoxy) is 1. The summed E-state index contributed by atoms with van der Waals surface area (Å²) in [5.41, 5.74) is 0.810. The number of rotatable bonds is 5. The maximum absolute atomic E-state index is 13.0. The van der Waals surface area contributed by atoms with Crippen LogP contribution in [0.15, 0.2) is 40.6 Å². The van der Waals surface area contributed by atoms with Crippen molar-refractivity contribution in [3.63, 3.8) is 0 Å². The van der Waals surface area contributed by atoms with Crippen molar-refractivity contribution in [3.05, 3.63) is 50.5 Å².